The number of nitrogens with zero attached hydrogens (tertiary/aromatic N) is 2. The molecule has 0 aromatic heterocycles. The second-order valence-corrected chi connectivity index (χ2v) is 24.1. The van der Waals surface area contributed by atoms with Gasteiger partial charge in [-0.25, -0.2) is 9.59 Å². The smallest absolute Gasteiger partial charge is 0.331 e. The average molecular weight is 1090 g/mol. The van der Waals surface area contributed by atoms with E-state index in [9.17, 15) is 43.8 Å². The van der Waals surface area contributed by atoms with Crippen molar-refractivity contribution in [3.8, 4) is 0 Å². The number of fused-ring (bicyclic) bond motifs is 6. The molecule has 3 heterocycles. The number of cyclic esters (lactones) is 1. The van der Waals surface area contributed by atoms with Crippen LogP contribution >= 0.6 is 11.8 Å². The summed E-state index contributed by atoms with van der Waals surface area (Å²) in [6, 6.07) is 7.40. The van der Waals surface area contributed by atoms with Crippen LogP contribution in [-0.2, 0) is 47.7 Å². The van der Waals surface area contributed by atoms with Gasteiger partial charge in [0.25, 0.3) is 5.91 Å². The molecule has 6 amide bonds. The van der Waals surface area contributed by atoms with Crippen molar-refractivity contribution in [2.75, 3.05) is 65.1 Å². The van der Waals surface area contributed by atoms with Crippen LogP contribution in [0.3, 0.4) is 0 Å². The third kappa shape index (κ3) is 13.2. The van der Waals surface area contributed by atoms with E-state index in [2.05, 4.69) is 33.2 Å². The normalized spacial score (nSPS) is 32.7. The predicted molar refractivity (Wildman–Crippen MR) is 284 cm³/mol. The lowest BCUT2D eigenvalue weighted by atomic mass is 9.42. The number of aliphatic hydroxyl groups excluding tert-OH is 1. The van der Waals surface area contributed by atoms with Crippen LogP contribution < -0.4 is 21.3 Å². The summed E-state index contributed by atoms with van der Waals surface area (Å²) in [5, 5.41) is 45.3. The van der Waals surface area contributed by atoms with Gasteiger partial charge in [-0.15, -0.1) is 0 Å². The summed E-state index contributed by atoms with van der Waals surface area (Å²) < 4.78 is 21.8. The van der Waals surface area contributed by atoms with Crippen LogP contribution in [0.4, 0.5) is 4.79 Å². The van der Waals surface area contributed by atoms with E-state index in [4.69, 9.17) is 24.1 Å². The molecule has 77 heavy (non-hydrogen) atoms. The first-order valence-electron chi connectivity index (χ1n) is 27.9. The number of esters is 1. The van der Waals surface area contributed by atoms with E-state index >= 15 is 0 Å². The molecule has 6 fully saturated rings. The molecule has 13 atom stereocenters. The fourth-order valence-corrected chi connectivity index (χ4v) is 15.8. The van der Waals surface area contributed by atoms with E-state index in [1.807, 2.05) is 13.0 Å². The molecule has 7 aliphatic rings. The largest absolute Gasteiger partial charge is 0.481 e. The number of unbranched alkanes of at least 4 members (excludes halogenated alkanes) is 1. The van der Waals surface area contributed by atoms with E-state index < -0.39 is 41.1 Å². The van der Waals surface area contributed by atoms with Gasteiger partial charge in [0.05, 0.1) is 50.2 Å². The molecule has 0 radical (unpaired) electrons. The number of hydrogen-bond acceptors (Lipinski definition) is 15. The van der Waals surface area contributed by atoms with Crippen LogP contribution in [0.2, 0.25) is 0 Å². The van der Waals surface area contributed by atoms with Gasteiger partial charge in [-0.3, -0.25) is 33.9 Å². The lowest BCUT2D eigenvalue weighted by Crippen LogP contribution is -2.67. The molecule has 0 spiro atoms. The standard InChI is InChI=1S/C56H80N6O14S/c1-34(13-16-48(67)68)59-50(35-9-5-4-6-10-35)52(70)62-42-33-77-43(51(42)61-53(62)71)11-7-8-12-45(64)57-21-23-73-25-26-74-24-22-58-46(65)31-75-32-47(66)60-38-17-19-54(2)37(28-38)14-15-40-41(54)29-44(63)55(3)39(18-20-56(40,55)72)36-27-49(69)76-30-36/h4-6,9-10,27,34,37-44,51,63,72H,7-8,11-26,28-33H2,1-3H3,(H,57,64)(H,58,65)(H,60,66)(H,61,71)(H,67,68). The van der Waals surface area contributed by atoms with E-state index in [0.717, 1.165) is 56.9 Å². The van der Waals surface area contributed by atoms with Crippen LogP contribution in [-0.4, -0.2) is 174 Å². The minimum atomic E-state index is -1.03. The molecule has 0 bridgehead atoms. The van der Waals surface area contributed by atoms with Crippen molar-refractivity contribution in [2.45, 2.75) is 152 Å². The summed E-state index contributed by atoms with van der Waals surface area (Å²) >= 11 is 1.70. The van der Waals surface area contributed by atoms with Gasteiger partial charge in [0.1, 0.15) is 25.5 Å². The fraction of sp³-hybridized carbons (Fsp3) is 0.714. The quantitative estimate of drug-likeness (QED) is 0.0302. The van der Waals surface area contributed by atoms with Gasteiger partial charge in [-0.2, -0.15) is 11.8 Å². The number of carbonyl (C=O) groups is 7. The number of carbonyl (C=O) groups excluding carboxylic acids is 6. The number of aliphatic imine (C=N–C) groups is 1. The average Bonchev–Trinajstić information content (AvgIpc) is 4.38. The topological polar surface area (TPSA) is 281 Å². The number of thioether (sulfide) groups is 1. The van der Waals surface area contributed by atoms with Crippen LogP contribution in [0.1, 0.15) is 116 Å². The van der Waals surface area contributed by atoms with Crippen LogP contribution in [0.25, 0.3) is 0 Å². The molecule has 4 saturated carbocycles. The number of benzene rings is 1. The Balaban J connectivity index is 0.626. The van der Waals surface area contributed by atoms with Crippen LogP contribution in [0, 0.1) is 34.5 Å². The number of imide groups is 1. The maximum Gasteiger partial charge on any atom is 0.331 e. The molecule has 1 aromatic rings. The van der Waals surface area contributed by atoms with E-state index in [1.165, 1.54) is 4.90 Å². The predicted octanol–water partition coefficient (Wildman–Crippen LogP) is 3.69. The van der Waals surface area contributed by atoms with Gasteiger partial charge >= 0.3 is 18.0 Å². The van der Waals surface area contributed by atoms with E-state index in [1.54, 1.807) is 49.0 Å². The number of carboxylic acid groups (broad SMARTS) is 1. The van der Waals surface area contributed by atoms with Crippen molar-refractivity contribution in [2.24, 2.45) is 39.5 Å². The summed E-state index contributed by atoms with van der Waals surface area (Å²) in [7, 11) is 0. The molecule has 3 aliphatic heterocycles. The Morgan fingerprint density at radius 3 is 2.32 bits per heavy atom. The highest BCUT2D eigenvalue weighted by atomic mass is 32.2. The number of hydrogen-bond donors (Lipinski definition) is 7. The molecule has 20 nitrogen and oxygen atoms in total. The second-order valence-electron chi connectivity index (χ2n) is 22.8. The number of urea groups is 1. The molecule has 13 unspecified atom stereocenters. The van der Waals surface area contributed by atoms with Crippen molar-refractivity contribution in [3.63, 3.8) is 0 Å². The molecule has 8 rings (SSSR count). The Hall–Kier alpha value is -4.93. The van der Waals surface area contributed by atoms with E-state index in [-0.39, 0.29) is 122 Å². The van der Waals surface area contributed by atoms with Crippen molar-refractivity contribution in [3.05, 3.63) is 47.5 Å². The summed E-state index contributed by atoms with van der Waals surface area (Å²) in [4.78, 5) is 93.9. The van der Waals surface area contributed by atoms with Gasteiger partial charge in [0, 0.05) is 66.1 Å². The van der Waals surface area contributed by atoms with Crippen LogP contribution in [0.15, 0.2) is 47.0 Å². The zero-order valence-corrected chi connectivity index (χ0v) is 45.7. The molecule has 21 heteroatoms. The number of carboxylic acids is 1. The number of ether oxygens (including phenoxy) is 4. The van der Waals surface area contributed by atoms with Gasteiger partial charge in [-0.1, -0.05) is 50.6 Å². The SMILES string of the molecule is CC(CCC(=O)O)N=C(C(=O)N1C(=O)NC2C(CCCCC(=O)NCCOCCOCCNC(=O)COCC(=O)NC3CCC4(C)C(CCC5C4CC(O)C4(C)C(C6=CC(=O)OC6)CCC54O)C3)SCC21)c1ccccc1. The highest BCUT2D eigenvalue weighted by Gasteiger charge is 2.71. The Kier molecular flexibility index (Phi) is 19.6. The Labute approximate surface area is 455 Å². The van der Waals surface area contributed by atoms with Gasteiger partial charge < -0.3 is 55.5 Å². The number of rotatable bonds is 26. The lowest BCUT2D eigenvalue weighted by Gasteiger charge is -2.65. The number of amides is 6. The van der Waals surface area contributed by atoms with Gasteiger partial charge in [-0.05, 0) is 112 Å². The molecular weight excluding hydrogens is 1010 g/mol. The third-order valence-corrected chi connectivity index (χ3v) is 19.8. The lowest BCUT2D eigenvalue weighted by molar-refractivity contribution is -0.243. The number of aliphatic carboxylic acids is 1. The molecule has 424 valence electrons. The molecule has 1 aromatic carbocycles. The third-order valence-electron chi connectivity index (χ3n) is 18.3. The zero-order valence-electron chi connectivity index (χ0n) is 44.8. The van der Waals surface area contributed by atoms with Crippen molar-refractivity contribution < 1.29 is 67.8 Å². The first-order valence-corrected chi connectivity index (χ1v) is 28.9. The summed E-state index contributed by atoms with van der Waals surface area (Å²) in [5.41, 5.74) is -0.280. The molecule has 4 aliphatic carbocycles. The van der Waals surface area contributed by atoms with Crippen molar-refractivity contribution >= 4 is 59.1 Å². The van der Waals surface area contributed by atoms with Crippen LogP contribution in [0.5, 0.6) is 0 Å². The number of nitrogens with one attached hydrogen (secondary N) is 4. The maximum atomic E-state index is 13.9. The summed E-state index contributed by atoms with van der Waals surface area (Å²) in [5.74, 6) is -1.50. The summed E-state index contributed by atoms with van der Waals surface area (Å²) in [6.45, 7) is 7.60. The molecular formula is C56H80N6O14S. The number of aliphatic hydroxyl groups is 2. The molecule has 7 N–H and O–H groups in total. The monoisotopic (exact) mass is 1090 g/mol. The first-order chi connectivity index (χ1) is 36.9. The van der Waals surface area contributed by atoms with Crippen molar-refractivity contribution in [1.82, 2.24) is 26.2 Å². The highest BCUT2D eigenvalue weighted by molar-refractivity contribution is 8.00. The fourth-order valence-electron chi connectivity index (χ4n) is 14.2. The second kappa shape index (κ2) is 25.9. The minimum Gasteiger partial charge on any atom is -0.481 e. The summed E-state index contributed by atoms with van der Waals surface area (Å²) in [6.07, 6.45) is 9.74. The zero-order chi connectivity index (χ0) is 54.9. The Bertz CT molecular complexity index is 2380. The van der Waals surface area contributed by atoms with Crippen molar-refractivity contribution in [1.29, 1.82) is 0 Å². The highest BCUT2D eigenvalue weighted by Crippen LogP contribution is 2.70. The maximum absolute atomic E-state index is 13.9. The minimum absolute atomic E-state index is 0.0218. The first kappa shape index (κ1) is 58.2. The van der Waals surface area contributed by atoms with E-state index in [0.29, 0.717) is 69.3 Å². The Morgan fingerprint density at radius 2 is 1.61 bits per heavy atom. The van der Waals surface area contributed by atoms with Gasteiger partial charge in [0.2, 0.25) is 17.7 Å². The molecule has 2 saturated heterocycles. The Morgan fingerprint density at radius 1 is 0.883 bits per heavy atom. The van der Waals surface area contributed by atoms with Gasteiger partial charge in [0.15, 0.2) is 0 Å².